The molecule has 2 aromatic rings. The summed E-state index contributed by atoms with van der Waals surface area (Å²) in [5.41, 5.74) is 2.20. The second kappa shape index (κ2) is 4.61. The standard InChI is InChI=1S/C14H18N2O2/c1-10-3-4-13(14-12(10)9-16(2)15-14)18-11-5-7-17-8-6-11/h3-4,9,11H,5-8H2,1-2H3. The smallest absolute Gasteiger partial charge is 0.147 e. The van der Waals surface area contributed by atoms with E-state index in [1.54, 1.807) is 0 Å². The molecule has 0 saturated carbocycles. The van der Waals surface area contributed by atoms with Crippen LogP contribution < -0.4 is 4.74 Å². The zero-order valence-electron chi connectivity index (χ0n) is 10.8. The van der Waals surface area contributed by atoms with E-state index >= 15 is 0 Å². The monoisotopic (exact) mass is 246 g/mol. The molecule has 0 atom stereocenters. The average Bonchev–Trinajstić information content (AvgIpc) is 2.77. The van der Waals surface area contributed by atoms with Crippen LogP contribution in [0.2, 0.25) is 0 Å². The van der Waals surface area contributed by atoms with E-state index in [1.807, 2.05) is 24.0 Å². The quantitative estimate of drug-likeness (QED) is 0.816. The number of benzene rings is 1. The van der Waals surface area contributed by atoms with Crippen LogP contribution >= 0.6 is 0 Å². The molecule has 0 spiro atoms. The number of hydrogen-bond acceptors (Lipinski definition) is 3. The van der Waals surface area contributed by atoms with Gasteiger partial charge in [0.25, 0.3) is 0 Å². The summed E-state index contributed by atoms with van der Waals surface area (Å²) in [6.07, 6.45) is 4.22. The van der Waals surface area contributed by atoms with Gasteiger partial charge < -0.3 is 9.47 Å². The summed E-state index contributed by atoms with van der Waals surface area (Å²) in [5.74, 6) is 0.892. The second-order valence-corrected chi connectivity index (χ2v) is 4.88. The first kappa shape index (κ1) is 11.5. The highest BCUT2D eigenvalue weighted by molar-refractivity contribution is 5.87. The third kappa shape index (κ3) is 2.08. The van der Waals surface area contributed by atoms with Crippen LogP contribution in [0.3, 0.4) is 0 Å². The van der Waals surface area contributed by atoms with Crippen molar-refractivity contribution < 1.29 is 9.47 Å². The molecule has 0 radical (unpaired) electrons. The fourth-order valence-corrected chi connectivity index (χ4v) is 2.40. The summed E-state index contributed by atoms with van der Waals surface area (Å²) in [6.45, 7) is 3.69. The lowest BCUT2D eigenvalue weighted by Gasteiger charge is -2.23. The third-order valence-electron chi connectivity index (χ3n) is 3.43. The second-order valence-electron chi connectivity index (χ2n) is 4.88. The minimum absolute atomic E-state index is 0.256. The molecule has 3 rings (SSSR count). The average molecular weight is 246 g/mol. The maximum Gasteiger partial charge on any atom is 0.147 e. The molecule has 1 aromatic carbocycles. The highest BCUT2D eigenvalue weighted by atomic mass is 16.5. The Bertz CT molecular complexity index is 556. The molecule has 0 amide bonds. The highest BCUT2D eigenvalue weighted by Crippen LogP contribution is 2.28. The molecule has 1 aliphatic heterocycles. The summed E-state index contributed by atoms with van der Waals surface area (Å²) in [6, 6.07) is 4.12. The molecule has 0 N–H and O–H groups in total. The van der Waals surface area contributed by atoms with E-state index in [0.717, 1.165) is 37.3 Å². The molecule has 18 heavy (non-hydrogen) atoms. The van der Waals surface area contributed by atoms with Gasteiger partial charge in [-0.1, -0.05) is 6.07 Å². The van der Waals surface area contributed by atoms with Crippen LogP contribution in [0.25, 0.3) is 10.9 Å². The van der Waals surface area contributed by atoms with Gasteiger partial charge in [0.1, 0.15) is 17.4 Å². The van der Waals surface area contributed by atoms with Gasteiger partial charge >= 0.3 is 0 Å². The van der Waals surface area contributed by atoms with Crippen molar-refractivity contribution in [3.63, 3.8) is 0 Å². The minimum atomic E-state index is 0.256. The molecule has 1 fully saturated rings. The van der Waals surface area contributed by atoms with Crippen molar-refractivity contribution in [1.29, 1.82) is 0 Å². The van der Waals surface area contributed by atoms with E-state index in [0.29, 0.717) is 0 Å². The van der Waals surface area contributed by atoms with Crippen molar-refractivity contribution in [1.82, 2.24) is 9.78 Å². The Morgan fingerprint density at radius 2 is 2.11 bits per heavy atom. The SMILES string of the molecule is Cc1ccc(OC2CCOCC2)c2nn(C)cc12. The number of hydrogen-bond donors (Lipinski definition) is 0. The number of aromatic nitrogens is 2. The molecule has 0 aliphatic carbocycles. The maximum absolute atomic E-state index is 6.08. The lowest BCUT2D eigenvalue weighted by atomic mass is 10.1. The molecule has 0 unspecified atom stereocenters. The zero-order chi connectivity index (χ0) is 12.5. The molecular formula is C14H18N2O2. The summed E-state index contributed by atoms with van der Waals surface area (Å²) >= 11 is 0. The van der Waals surface area contributed by atoms with Crippen LogP contribution in [0.5, 0.6) is 5.75 Å². The van der Waals surface area contributed by atoms with Gasteiger partial charge in [0.05, 0.1) is 13.2 Å². The number of aryl methyl sites for hydroxylation is 2. The first-order chi connectivity index (χ1) is 8.74. The van der Waals surface area contributed by atoms with Crippen molar-refractivity contribution >= 4 is 10.9 Å². The van der Waals surface area contributed by atoms with Gasteiger partial charge in [-0.2, -0.15) is 5.10 Å². The van der Waals surface area contributed by atoms with Gasteiger partial charge in [-0.3, -0.25) is 4.68 Å². The molecule has 4 heteroatoms. The van der Waals surface area contributed by atoms with E-state index < -0.39 is 0 Å². The highest BCUT2D eigenvalue weighted by Gasteiger charge is 2.17. The van der Waals surface area contributed by atoms with Gasteiger partial charge in [-0.15, -0.1) is 0 Å². The molecular weight excluding hydrogens is 228 g/mol. The fraction of sp³-hybridized carbons (Fsp3) is 0.500. The fourth-order valence-electron chi connectivity index (χ4n) is 2.40. The van der Waals surface area contributed by atoms with E-state index in [-0.39, 0.29) is 6.10 Å². The van der Waals surface area contributed by atoms with Crippen molar-refractivity contribution in [3.05, 3.63) is 23.9 Å². The van der Waals surface area contributed by atoms with E-state index in [4.69, 9.17) is 9.47 Å². The Kier molecular flexibility index (Phi) is 2.96. The van der Waals surface area contributed by atoms with Crippen LogP contribution in [0.4, 0.5) is 0 Å². The Balaban J connectivity index is 1.93. The molecule has 1 aromatic heterocycles. The number of nitrogens with zero attached hydrogens (tertiary/aromatic N) is 2. The van der Waals surface area contributed by atoms with E-state index in [9.17, 15) is 0 Å². The zero-order valence-corrected chi connectivity index (χ0v) is 10.8. The van der Waals surface area contributed by atoms with Crippen LogP contribution in [-0.4, -0.2) is 29.1 Å². The number of rotatable bonds is 2. The summed E-state index contributed by atoms with van der Waals surface area (Å²) in [7, 11) is 1.94. The van der Waals surface area contributed by atoms with Gasteiger partial charge in [-0.05, 0) is 18.6 Å². The molecule has 4 nitrogen and oxygen atoms in total. The molecule has 1 saturated heterocycles. The largest absolute Gasteiger partial charge is 0.488 e. The number of ether oxygens (including phenoxy) is 2. The summed E-state index contributed by atoms with van der Waals surface area (Å²) < 4.78 is 13.3. The normalized spacial score (nSPS) is 17.2. The van der Waals surface area contributed by atoms with Gasteiger partial charge in [0, 0.05) is 31.5 Å². The van der Waals surface area contributed by atoms with Crippen LogP contribution in [0.15, 0.2) is 18.3 Å². The first-order valence-corrected chi connectivity index (χ1v) is 6.41. The van der Waals surface area contributed by atoms with Gasteiger partial charge in [0.15, 0.2) is 0 Å². The van der Waals surface area contributed by atoms with Crippen molar-refractivity contribution in [3.8, 4) is 5.75 Å². The Morgan fingerprint density at radius 3 is 2.89 bits per heavy atom. The lowest BCUT2D eigenvalue weighted by Crippen LogP contribution is -2.25. The Morgan fingerprint density at radius 1 is 1.33 bits per heavy atom. The summed E-state index contributed by atoms with van der Waals surface area (Å²) in [5, 5.41) is 5.67. The van der Waals surface area contributed by atoms with Crippen molar-refractivity contribution in [2.45, 2.75) is 25.9 Å². The van der Waals surface area contributed by atoms with Gasteiger partial charge in [0.2, 0.25) is 0 Å². The van der Waals surface area contributed by atoms with Crippen molar-refractivity contribution in [2.75, 3.05) is 13.2 Å². The van der Waals surface area contributed by atoms with Crippen LogP contribution in [0.1, 0.15) is 18.4 Å². The van der Waals surface area contributed by atoms with E-state index in [2.05, 4.69) is 18.1 Å². The summed E-state index contributed by atoms with van der Waals surface area (Å²) in [4.78, 5) is 0. The van der Waals surface area contributed by atoms with Crippen LogP contribution in [0, 0.1) is 6.92 Å². The maximum atomic E-state index is 6.08. The molecule has 96 valence electrons. The van der Waals surface area contributed by atoms with Gasteiger partial charge in [-0.25, -0.2) is 0 Å². The predicted molar refractivity (Wildman–Crippen MR) is 69.9 cm³/mol. The van der Waals surface area contributed by atoms with Crippen molar-refractivity contribution in [2.24, 2.45) is 7.05 Å². The van der Waals surface area contributed by atoms with E-state index in [1.165, 1.54) is 10.9 Å². The number of fused-ring (bicyclic) bond motifs is 1. The predicted octanol–water partition coefficient (Wildman–Crippen LogP) is 2.44. The third-order valence-corrected chi connectivity index (χ3v) is 3.43. The van der Waals surface area contributed by atoms with Crippen LogP contribution in [-0.2, 0) is 11.8 Å². The minimum Gasteiger partial charge on any atom is -0.488 e. The topological polar surface area (TPSA) is 36.3 Å². The Labute approximate surface area is 106 Å². The molecule has 0 bridgehead atoms. The molecule has 1 aliphatic rings. The molecule has 2 heterocycles. The first-order valence-electron chi connectivity index (χ1n) is 6.41. The Hall–Kier alpha value is -1.55. The lowest BCUT2D eigenvalue weighted by molar-refractivity contribution is 0.0261.